The summed E-state index contributed by atoms with van der Waals surface area (Å²) >= 11 is 0. The lowest BCUT2D eigenvalue weighted by Crippen LogP contribution is -2.61. The predicted molar refractivity (Wildman–Crippen MR) is 349 cm³/mol. The second kappa shape index (κ2) is 60.7. The van der Waals surface area contributed by atoms with Crippen molar-refractivity contribution in [1.82, 2.24) is 0 Å². The van der Waals surface area contributed by atoms with Gasteiger partial charge in [0.05, 0.1) is 6.61 Å². The molecule has 0 aromatic carbocycles. The van der Waals surface area contributed by atoms with Crippen LogP contribution in [0.1, 0.15) is 329 Å². The van der Waals surface area contributed by atoms with Gasteiger partial charge in [-0.05, 0) is 109 Å². The molecule has 0 radical (unpaired) electrons. The average Bonchev–Trinajstić information content (AvgIpc) is 3.46. The molecule has 0 aromatic rings. The molecule has 6 unspecified atom stereocenters. The van der Waals surface area contributed by atoms with Gasteiger partial charge >= 0.3 is 23.9 Å². The van der Waals surface area contributed by atoms with Gasteiger partial charge in [0.15, 0.2) is 24.6 Å². The number of aliphatic hydroxyl groups is 2. The molecule has 0 aromatic heterocycles. The smallest absolute Gasteiger partial charge is 0.335 e. The van der Waals surface area contributed by atoms with Gasteiger partial charge in [0.2, 0.25) is 0 Å². The highest BCUT2D eigenvalue weighted by Gasteiger charge is 2.50. The van der Waals surface area contributed by atoms with Crippen LogP contribution in [0, 0.1) is 0 Å². The summed E-state index contributed by atoms with van der Waals surface area (Å²) in [4.78, 5) is 51.5. The molecule has 1 aliphatic rings. The first-order valence-corrected chi connectivity index (χ1v) is 35.3. The van der Waals surface area contributed by atoms with Gasteiger partial charge in [0, 0.05) is 19.3 Å². The quantitative estimate of drug-likeness (QED) is 0.0228. The minimum absolute atomic E-state index is 0.0517. The molecule has 85 heavy (non-hydrogen) atoms. The molecule has 12 heteroatoms. The molecule has 492 valence electrons. The summed E-state index contributed by atoms with van der Waals surface area (Å²) in [6, 6.07) is 0. The van der Waals surface area contributed by atoms with E-state index in [-0.39, 0.29) is 25.9 Å². The number of rotatable bonds is 61. The third-order valence-electron chi connectivity index (χ3n) is 16.0. The lowest BCUT2D eigenvalue weighted by Gasteiger charge is -2.40. The van der Waals surface area contributed by atoms with Gasteiger partial charge in [0.25, 0.3) is 0 Å². The number of unbranched alkanes of at least 4 members (excludes halogenated alkanes) is 37. The molecule has 1 fully saturated rings. The molecular formula is C73H128O12. The van der Waals surface area contributed by atoms with Crippen LogP contribution in [-0.4, -0.2) is 89.2 Å². The van der Waals surface area contributed by atoms with E-state index in [1.165, 1.54) is 161 Å². The number of hydrogen-bond donors (Lipinski definition) is 3. The molecule has 1 saturated heterocycles. The topological polar surface area (TPSA) is 175 Å². The highest BCUT2D eigenvalue weighted by atomic mass is 16.7. The van der Waals surface area contributed by atoms with Crippen LogP contribution < -0.4 is 0 Å². The monoisotopic (exact) mass is 1200 g/mol. The normalized spacial score (nSPS) is 17.8. The fraction of sp³-hybridized carbons (Fsp3) is 0.808. The van der Waals surface area contributed by atoms with Crippen LogP contribution in [0.3, 0.4) is 0 Å². The van der Waals surface area contributed by atoms with Gasteiger partial charge in [-0.3, -0.25) is 14.4 Å². The average molecular weight is 1200 g/mol. The summed E-state index contributed by atoms with van der Waals surface area (Å²) in [6.45, 7) is 5.99. The van der Waals surface area contributed by atoms with Crippen LogP contribution in [0.4, 0.5) is 0 Å². The zero-order valence-electron chi connectivity index (χ0n) is 54.6. The van der Waals surface area contributed by atoms with Crippen LogP contribution in [0.2, 0.25) is 0 Å². The van der Waals surface area contributed by atoms with Crippen molar-refractivity contribution in [1.29, 1.82) is 0 Å². The van der Waals surface area contributed by atoms with E-state index in [1.54, 1.807) is 0 Å². The molecule has 12 nitrogen and oxygen atoms in total. The third kappa shape index (κ3) is 50.0. The Bertz CT molecular complexity index is 1710. The van der Waals surface area contributed by atoms with E-state index < -0.39 is 67.3 Å². The third-order valence-corrected chi connectivity index (χ3v) is 16.0. The highest BCUT2D eigenvalue weighted by Crippen LogP contribution is 2.27. The van der Waals surface area contributed by atoms with Crippen molar-refractivity contribution < 1.29 is 58.2 Å². The molecular weight excluding hydrogens is 1070 g/mol. The molecule has 6 atom stereocenters. The van der Waals surface area contributed by atoms with E-state index in [0.29, 0.717) is 19.3 Å². The lowest BCUT2D eigenvalue weighted by atomic mass is 9.98. The second-order valence-corrected chi connectivity index (χ2v) is 24.2. The molecule has 3 N–H and O–H groups in total. The first-order chi connectivity index (χ1) is 41.6. The Hall–Kier alpha value is -3.58. The van der Waals surface area contributed by atoms with Crippen molar-refractivity contribution >= 4 is 23.9 Å². The molecule has 1 aliphatic heterocycles. The Morgan fingerprint density at radius 1 is 0.388 bits per heavy atom. The van der Waals surface area contributed by atoms with Gasteiger partial charge in [-0.25, -0.2) is 4.79 Å². The molecule has 0 spiro atoms. The number of hydrogen-bond acceptors (Lipinski definition) is 11. The number of allylic oxidation sites excluding steroid dienone is 10. The van der Waals surface area contributed by atoms with Gasteiger partial charge in [-0.1, -0.05) is 261 Å². The molecule has 1 heterocycles. The first-order valence-electron chi connectivity index (χ1n) is 35.3. The van der Waals surface area contributed by atoms with E-state index >= 15 is 0 Å². The zero-order chi connectivity index (χ0) is 61.7. The summed E-state index contributed by atoms with van der Waals surface area (Å²) < 4.78 is 28.6. The van der Waals surface area contributed by atoms with Gasteiger partial charge in [0.1, 0.15) is 18.8 Å². The highest BCUT2D eigenvalue weighted by molar-refractivity contribution is 5.74. The predicted octanol–water partition coefficient (Wildman–Crippen LogP) is 19.5. The van der Waals surface area contributed by atoms with E-state index in [4.69, 9.17) is 23.7 Å². The fourth-order valence-corrected chi connectivity index (χ4v) is 10.6. The van der Waals surface area contributed by atoms with Crippen molar-refractivity contribution in [3.05, 3.63) is 60.8 Å². The van der Waals surface area contributed by atoms with Crippen LogP contribution in [0.15, 0.2) is 60.8 Å². The van der Waals surface area contributed by atoms with Crippen molar-refractivity contribution in [3.8, 4) is 0 Å². The van der Waals surface area contributed by atoms with Crippen molar-refractivity contribution in [2.75, 3.05) is 13.2 Å². The molecule has 0 saturated carbocycles. The standard InChI is InChI=1S/C73H128O12/c1-4-7-10-13-16-19-22-25-28-31-33-36-38-41-44-47-50-53-56-59-65(74)81-62-64(83-66(75)60-57-54-51-48-45-42-40-37-34-32-29-26-23-20-17-14-11-8-5-2)63-82-73-71(69(78)68(77)70(85-73)72(79)80)84-67(76)61-58-55-52-49-46-43-39-35-30-27-24-21-18-15-12-9-6-3/h16,18-19,21,25-30,64,68-71,73,77-78H,4-15,17,20,22-24,31-63H2,1-3H3,(H,79,80)/b19-16-,21-18-,28-25-,29-26-,30-27-. The number of aliphatic hydroxyl groups excluding tert-OH is 2. The van der Waals surface area contributed by atoms with Crippen molar-refractivity contribution in [2.24, 2.45) is 0 Å². The van der Waals surface area contributed by atoms with Gasteiger partial charge in [-0.2, -0.15) is 0 Å². The molecule has 0 aliphatic carbocycles. The van der Waals surface area contributed by atoms with Gasteiger partial charge in [-0.15, -0.1) is 0 Å². The zero-order valence-corrected chi connectivity index (χ0v) is 54.6. The maximum absolute atomic E-state index is 13.3. The summed E-state index contributed by atoms with van der Waals surface area (Å²) in [5, 5.41) is 31.7. The van der Waals surface area contributed by atoms with E-state index in [9.17, 15) is 34.5 Å². The number of aliphatic carboxylic acids is 1. The van der Waals surface area contributed by atoms with E-state index in [1.807, 2.05) is 0 Å². The Morgan fingerprint density at radius 3 is 1.09 bits per heavy atom. The van der Waals surface area contributed by atoms with E-state index in [2.05, 4.69) is 81.5 Å². The first kappa shape index (κ1) is 79.4. The summed E-state index contributed by atoms with van der Waals surface area (Å²) in [5.41, 5.74) is 0. The van der Waals surface area contributed by atoms with Crippen LogP contribution >= 0.6 is 0 Å². The van der Waals surface area contributed by atoms with Crippen molar-refractivity contribution in [2.45, 2.75) is 366 Å². The molecule has 0 bridgehead atoms. The fourth-order valence-electron chi connectivity index (χ4n) is 10.6. The summed E-state index contributed by atoms with van der Waals surface area (Å²) in [7, 11) is 0. The number of carboxylic acids is 1. The second-order valence-electron chi connectivity index (χ2n) is 24.2. The van der Waals surface area contributed by atoms with Crippen LogP contribution in [0.25, 0.3) is 0 Å². The SMILES string of the molecule is CCCCC/C=C\C/C=C\CCCCCCCCCCCC(=O)OCC(COC1OC(C(=O)O)C(O)C(O)C1OC(=O)CCCCCCCCC/C=C\C/C=C\CCCCC)OC(=O)CCCCCCCCCCC/C=C\CCCCCCCC. The number of ether oxygens (including phenoxy) is 5. The minimum Gasteiger partial charge on any atom is -0.479 e. The number of carbonyl (C=O) groups is 4. The maximum atomic E-state index is 13.3. The number of carbonyl (C=O) groups excluding carboxylic acids is 3. The Labute approximate surface area is 519 Å². The summed E-state index contributed by atoms with van der Waals surface area (Å²) in [6.07, 6.45) is 64.5. The number of carboxylic acid groups (broad SMARTS) is 1. The Kier molecular flexibility index (Phi) is 56.7. The van der Waals surface area contributed by atoms with E-state index in [0.717, 1.165) is 109 Å². The number of esters is 3. The largest absolute Gasteiger partial charge is 0.479 e. The molecule has 1 rings (SSSR count). The van der Waals surface area contributed by atoms with Crippen molar-refractivity contribution in [3.63, 3.8) is 0 Å². The lowest BCUT2D eigenvalue weighted by molar-refractivity contribution is -0.301. The minimum atomic E-state index is -1.91. The van der Waals surface area contributed by atoms with Gasteiger partial charge < -0.3 is 39.0 Å². The Morgan fingerprint density at radius 2 is 0.706 bits per heavy atom. The maximum Gasteiger partial charge on any atom is 0.335 e. The molecule has 0 amide bonds. The Balaban J connectivity index is 2.64. The van der Waals surface area contributed by atoms with Crippen LogP contribution in [0.5, 0.6) is 0 Å². The summed E-state index contributed by atoms with van der Waals surface area (Å²) in [5.74, 6) is -3.11. The van der Waals surface area contributed by atoms with Crippen LogP contribution in [-0.2, 0) is 42.9 Å².